The molecule has 0 spiro atoms. The lowest BCUT2D eigenvalue weighted by molar-refractivity contribution is 0.617. The molecule has 1 heterocycles. The van der Waals surface area contributed by atoms with Crippen LogP contribution in [0.25, 0.3) is 11.0 Å². The molecule has 0 amide bonds. The molecule has 0 saturated heterocycles. The van der Waals surface area contributed by atoms with Crippen LogP contribution in [0.1, 0.15) is 46.2 Å². The van der Waals surface area contributed by atoms with Crippen LogP contribution in [0.2, 0.25) is 0 Å². The lowest BCUT2D eigenvalue weighted by Gasteiger charge is -2.07. The summed E-state index contributed by atoms with van der Waals surface area (Å²) in [6.07, 6.45) is 3.00. The van der Waals surface area contributed by atoms with Crippen molar-refractivity contribution in [3.63, 3.8) is 0 Å². The van der Waals surface area contributed by atoms with Gasteiger partial charge in [0.1, 0.15) is 0 Å². The zero-order valence-electron chi connectivity index (χ0n) is 11.0. The Morgan fingerprint density at radius 3 is 2.50 bits per heavy atom. The predicted molar refractivity (Wildman–Crippen MR) is 70.8 cm³/mol. The molecule has 0 fully saturated rings. The van der Waals surface area contributed by atoms with Crippen molar-refractivity contribution in [2.75, 3.05) is 0 Å². The van der Waals surface area contributed by atoms with E-state index in [0.717, 1.165) is 11.9 Å². The number of hydrogen-bond acceptors (Lipinski definition) is 1. The fourth-order valence-corrected chi connectivity index (χ4v) is 1.71. The molecular weight excluding hydrogens is 196 g/mol. The molecule has 0 saturated carbocycles. The molecule has 2 nitrogen and oxygen atoms in total. The van der Waals surface area contributed by atoms with Crippen molar-refractivity contribution >= 4 is 11.0 Å². The third-order valence-corrected chi connectivity index (χ3v) is 2.60. The Morgan fingerprint density at radius 1 is 1.25 bits per heavy atom. The Balaban J connectivity index is 0.000000606. The molecule has 2 heteroatoms. The van der Waals surface area contributed by atoms with Gasteiger partial charge in [0.25, 0.3) is 0 Å². The minimum Gasteiger partial charge on any atom is -0.328 e. The van der Waals surface area contributed by atoms with Crippen molar-refractivity contribution in [3.8, 4) is 0 Å². The number of aryl methyl sites for hydroxylation is 1. The number of hydrogen-bond donors (Lipinski definition) is 0. The molecule has 0 aliphatic rings. The molecule has 88 valence electrons. The third-order valence-electron chi connectivity index (χ3n) is 2.60. The molecule has 2 aromatic rings. The summed E-state index contributed by atoms with van der Waals surface area (Å²) in [5, 5.41) is 0. The number of fused-ring (bicyclic) bond motifs is 1. The van der Waals surface area contributed by atoms with E-state index in [-0.39, 0.29) is 0 Å². The van der Waals surface area contributed by atoms with Gasteiger partial charge in [0, 0.05) is 6.04 Å². The Morgan fingerprint density at radius 2 is 1.94 bits per heavy atom. The number of rotatable bonds is 2. The van der Waals surface area contributed by atoms with Gasteiger partial charge in [-0.05, 0) is 38.0 Å². The van der Waals surface area contributed by atoms with Gasteiger partial charge in [-0.3, -0.25) is 0 Å². The van der Waals surface area contributed by atoms with Gasteiger partial charge in [-0.2, -0.15) is 0 Å². The first kappa shape index (κ1) is 12.8. The highest BCUT2D eigenvalue weighted by atomic mass is 15.1. The van der Waals surface area contributed by atoms with E-state index < -0.39 is 0 Å². The molecule has 0 aliphatic heterocycles. The normalized spacial score (nSPS) is 10.4. The Kier molecular flexibility index (Phi) is 4.53. The van der Waals surface area contributed by atoms with Crippen LogP contribution < -0.4 is 0 Å². The van der Waals surface area contributed by atoms with E-state index in [9.17, 15) is 0 Å². The lowest BCUT2D eigenvalue weighted by atomic mass is 10.1. The van der Waals surface area contributed by atoms with Gasteiger partial charge >= 0.3 is 0 Å². The molecule has 1 aromatic heterocycles. The molecule has 2 rings (SSSR count). The highest BCUT2D eigenvalue weighted by Gasteiger charge is 2.04. The van der Waals surface area contributed by atoms with Crippen molar-refractivity contribution in [2.45, 2.75) is 47.1 Å². The number of aromatic nitrogens is 2. The predicted octanol–water partition coefficient (Wildman–Crippen LogP) is 4.21. The second-order valence-corrected chi connectivity index (χ2v) is 3.92. The van der Waals surface area contributed by atoms with Crippen LogP contribution in [-0.2, 0) is 6.42 Å². The minimum atomic E-state index is 0.479. The molecule has 1 aromatic carbocycles. The fourth-order valence-electron chi connectivity index (χ4n) is 1.71. The van der Waals surface area contributed by atoms with Gasteiger partial charge in [0.15, 0.2) is 0 Å². The van der Waals surface area contributed by atoms with Gasteiger partial charge in [0.05, 0.1) is 17.4 Å². The summed E-state index contributed by atoms with van der Waals surface area (Å²) in [5.41, 5.74) is 3.70. The number of benzene rings is 1. The van der Waals surface area contributed by atoms with E-state index in [0.29, 0.717) is 6.04 Å². The molecule has 0 bridgehead atoms. The second-order valence-electron chi connectivity index (χ2n) is 3.92. The summed E-state index contributed by atoms with van der Waals surface area (Å²) in [7, 11) is 0. The molecule has 0 atom stereocenters. The molecule has 0 unspecified atom stereocenters. The first-order valence-corrected chi connectivity index (χ1v) is 6.18. The Bertz CT molecular complexity index is 441. The molecular formula is C14H22N2. The van der Waals surface area contributed by atoms with E-state index in [2.05, 4.69) is 48.5 Å². The zero-order valence-corrected chi connectivity index (χ0v) is 11.0. The third kappa shape index (κ3) is 2.43. The summed E-state index contributed by atoms with van der Waals surface area (Å²) < 4.78 is 2.20. The average molecular weight is 218 g/mol. The van der Waals surface area contributed by atoms with Crippen LogP contribution in [0.3, 0.4) is 0 Å². The Hall–Kier alpha value is -1.31. The Labute approximate surface area is 98.3 Å². The quantitative estimate of drug-likeness (QED) is 0.738. The topological polar surface area (TPSA) is 17.8 Å². The highest BCUT2D eigenvalue weighted by Crippen LogP contribution is 2.18. The SMILES string of the molecule is CC.CCc1ccc2c(c1)ncn2C(C)C. The van der Waals surface area contributed by atoms with E-state index in [1.165, 1.54) is 11.1 Å². The molecule has 0 aliphatic carbocycles. The van der Waals surface area contributed by atoms with Crippen LogP contribution >= 0.6 is 0 Å². The number of imidazole rings is 1. The first-order valence-electron chi connectivity index (χ1n) is 6.18. The monoisotopic (exact) mass is 218 g/mol. The van der Waals surface area contributed by atoms with Gasteiger partial charge in [-0.15, -0.1) is 0 Å². The summed E-state index contributed by atoms with van der Waals surface area (Å²) in [4.78, 5) is 4.41. The van der Waals surface area contributed by atoms with Gasteiger partial charge in [-0.1, -0.05) is 26.8 Å². The van der Waals surface area contributed by atoms with Gasteiger partial charge < -0.3 is 4.57 Å². The average Bonchev–Trinajstić information content (AvgIpc) is 2.74. The fraction of sp³-hybridized carbons (Fsp3) is 0.500. The van der Waals surface area contributed by atoms with Gasteiger partial charge in [-0.25, -0.2) is 4.98 Å². The van der Waals surface area contributed by atoms with E-state index in [4.69, 9.17) is 0 Å². The molecule has 0 N–H and O–H groups in total. The highest BCUT2D eigenvalue weighted by molar-refractivity contribution is 5.76. The minimum absolute atomic E-state index is 0.479. The maximum atomic E-state index is 4.41. The van der Waals surface area contributed by atoms with Crippen LogP contribution in [0.5, 0.6) is 0 Å². The van der Waals surface area contributed by atoms with Crippen molar-refractivity contribution < 1.29 is 0 Å². The smallest absolute Gasteiger partial charge is 0.0960 e. The standard InChI is InChI=1S/C12H16N2.C2H6/c1-4-10-5-6-12-11(7-10)13-8-14(12)9(2)3;1-2/h5-9H,4H2,1-3H3;1-2H3. The van der Waals surface area contributed by atoms with Crippen LogP contribution in [0.4, 0.5) is 0 Å². The van der Waals surface area contributed by atoms with Crippen molar-refractivity contribution in [1.82, 2.24) is 9.55 Å². The maximum absolute atomic E-state index is 4.41. The zero-order chi connectivity index (χ0) is 12.1. The lowest BCUT2D eigenvalue weighted by Crippen LogP contribution is -1.97. The maximum Gasteiger partial charge on any atom is 0.0960 e. The van der Waals surface area contributed by atoms with Crippen LogP contribution in [-0.4, -0.2) is 9.55 Å². The van der Waals surface area contributed by atoms with Crippen molar-refractivity contribution in [2.24, 2.45) is 0 Å². The first-order chi connectivity index (χ1) is 7.72. The molecule has 16 heavy (non-hydrogen) atoms. The van der Waals surface area contributed by atoms with E-state index in [1.807, 2.05) is 20.2 Å². The van der Waals surface area contributed by atoms with Crippen molar-refractivity contribution in [3.05, 3.63) is 30.1 Å². The summed E-state index contributed by atoms with van der Waals surface area (Å²) in [5.74, 6) is 0. The second kappa shape index (κ2) is 5.69. The number of nitrogens with zero attached hydrogens (tertiary/aromatic N) is 2. The largest absolute Gasteiger partial charge is 0.328 e. The summed E-state index contributed by atoms with van der Waals surface area (Å²) in [6, 6.07) is 7.01. The van der Waals surface area contributed by atoms with E-state index >= 15 is 0 Å². The van der Waals surface area contributed by atoms with E-state index in [1.54, 1.807) is 0 Å². The molecule has 0 radical (unpaired) electrons. The van der Waals surface area contributed by atoms with Crippen molar-refractivity contribution in [1.29, 1.82) is 0 Å². The van der Waals surface area contributed by atoms with Crippen LogP contribution in [0, 0.1) is 0 Å². The van der Waals surface area contributed by atoms with Crippen LogP contribution in [0.15, 0.2) is 24.5 Å². The van der Waals surface area contributed by atoms with Gasteiger partial charge in [0.2, 0.25) is 0 Å². The summed E-state index contributed by atoms with van der Waals surface area (Å²) >= 11 is 0. The summed E-state index contributed by atoms with van der Waals surface area (Å²) in [6.45, 7) is 10.5.